The minimum absolute atomic E-state index is 0.0304. The molecule has 33 heavy (non-hydrogen) atoms. The Kier molecular flexibility index (Phi) is 6.81. The summed E-state index contributed by atoms with van der Waals surface area (Å²) in [5, 5.41) is 4.26. The summed E-state index contributed by atoms with van der Waals surface area (Å²) in [6, 6.07) is 0. The van der Waals surface area contributed by atoms with Gasteiger partial charge in [0.15, 0.2) is 11.6 Å². The molecule has 1 amide bonds. The normalized spacial score (nSPS) is 19.8. The number of ether oxygens (including phenoxy) is 2. The molecule has 2 aliphatic carbocycles. The number of amides is 1. The van der Waals surface area contributed by atoms with Gasteiger partial charge in [-0.1, -0.05) is 6.42 Å². The first kappa shape index (κ1) is 23.4. The van der Waals surface area contributed by atoms with Crippen LogP contribution in [0.1, 0.15) is 56.3 Å². The third kappa shape index (κ3) is 5.59. The van der Waals surface area contributed by atoms with Crippen molar-refractivity contribution in [3.05, 3.63) is 23.8 Å². The maximum atomic E-state index is 13.0. The number of aryl methyl sites for hydroxylation is 2. The SMILES string of the molecule is Cc1nc(-c2cnn(C)c2COC(=O)N(C)CC[C@H]2CC2(F)F)ncc1OC1CCCCC1. The van der Waals surface area contributed by atoms with Gasteiger partial charge in [0.2, 0.25) is 0 Å². The molecule has 0 unspecified atom stereocenters. The molecule has 10 heteroatoms. The molecular weight excluding hydrogens is 432 g/mol. The summed E-state index contributed by atoms with van der Waals surface area (Å²) in [6.45, 7) is 2.08. The summed E-state index contributed by atoms with van der Waals surface area (Å²) in [5.74, 6) is -2.05. The molecule has 4 rings (SSSR count). The van der Waals surface area contributed by atoms with Crippen molar-refractivity contribution < 1.29 is 23.0 Å². The first-order valence-electron chi connectivity index (χ1n) is 11.5. The van der Waals surface area contributed by atoms with E-state index in [1.54, 1.807) is 31.2 Å². The zero-order valence-corrected chi connectivity index (χ0v) is 19.4. The topological polar surface area (TPSA) is 82.4 Å². The molecule has 0 radical (unpaired) electrons. The molecule has 1 atom stereocenters. The summed E-state index contributed by atoms with van der Waals surface area (Å²) < 4.78 is 39.2. The molecule has 2 aliphatic rings. The number of alkyl halides is 2. The van der Waals surface area contributed by atoms with E-state index in [1.165, 1.54) is 24.2 Å². The highest BCUT2D eigenvalue weighted by Crippen LogP contribution is 2.50. The van der Waals surface area contributed by atoms with Crippen molar-refractivity contribution in [2.75, 3.05) is 13.6 Å². The summed E-state index contributed by atoms with van der Waals surface area (Å²) in [6.07, 6.45) is 8.86. The number of carbonyl (C=O) groups is 1. The molecule has 2 fully saturated rings. The fraction of sp³-hybridized carbons (Fsp3) is 0.652. The molecule has 0 saturated heterocycles. The van der Waals surface area contributed by atoms with Crippen molar-refractivity contribution in [1.29, 1.82) is 0 Å². The van der Waals surface area contributed by atoms with Crippen molar-refractivity contribution in [3.63, 3.8) is 0 Å². The average Bonchev–Trinajstić information content (AvgIpc) is 3.24. The predicted molar refractivity (Wildman–Crippen MR) is 117 cm³/mol. The predicted octanol–water partition coefficient (Wildman–Crippen LogP) is 4.51. The number of carbonyl (C=O) groups excluding carboxylic acids is 1. The molecule has 0 aliphatic heterocycles. The Hall–Kier alpha value is -2.78. The number of aromatic nitrogens is 4. The van der Waals surface area contributed by atoms with Crippen LogP contribution < -0.4 is 4.74 Å². The van der Waals surface area contributed by atoms with E-state index >= 15 is 0 Å². The van der Waals surface area contributed by atoms with Crippen LogP contribution in [0.2, 0.25) is 0 Å². The molecule has 0 N–H and O–H groups in total. The molecule has 0 spiro atoms. The van der Waals surface area contributed by atoms with Crippen molar-refractivity contribution in [3.8, 4) is 17.1 Å². The standard InChI is InChI=1S/C23H31F2N5O3/c1-15-20(33-17-7-5-4-6-8-17)13-26-21(28-15)18-12-27-30(3)19(18)14-32-22(31)29(2)10-9-16-11-23(16,24)25/h12-13,16-17H,4-11,14H2,1-3H3/t16-/m0/s1. The lowest BCUT2D eigenvalue weighted by Crippen LogP contribution is -2.29. The largest absolute Gasteiger partial charge is 0.487 e. The van der Waals surface area contributed by atoms with E-state index in [1.807, 2.05) is 6.92 Å². The average molecular weight is 464 g/mol. The van der Waals surface area contributed by atoms with Crippen LogP contribution in [-0.2, 0) is 18.4 Å². The molecule has 2 aromatic heterocycles. The Morgan fingerprint density at radius 2 is 2.00 bits per heavy atom. The van der Waals surface area contributed by atoms with Crippen LogP contribution in [-0.4, -0.2) is 56.4 Å². The monoisotopic (exact) mass is 463 g/mol. The minimum atomic E-state index is -2.58. The summed E-state index contributed by atoms with van der Waals surface area (Å²) in [4.78, 5) is 22.7. The molecule has 2 saturated carbocycles. The van der Waals surface area contributed by atoms with Crippen LogP contribution >= 0.6 is 0 Å². The van der Waals surface area contributed by atoms with Crippen LogP contribution in [0, 0.1) is 12.8 Å². The lowest BCUT2D eigenvalue weighted by atomic mass is 9.98. The third-order valence-electron chi connectivity index (χ3n) is 6.50. The lowest BCUT2D eigenvalue weighted by molar-refractivity contribution is 0.0861. The molecular formula is C23H31F2N5O3. The second kappa shape index (κ2) is 9.61. The highest BCUT2D eigenvalue weighted by atomic mass is 19.3. The first-order valence-corrected chi connectivity index (χ1v) is 11.5. The summed E-state index contributed by atoms with van der Waals surface area (Å²) in [5.41, 5.74) is 2.05. The molecule has 2 aromatic rings. The van der Waals surface area contributed by atoms with Crippen molar-refractivity contribution in [2.24, 2.45) is 13.0 Å². The van der Waals surface area contributed by atoms with E-state index in [0.717, 1.165) is 18.5 Å². The van der Waals surface area contributed by atoms with Crippen molar-refractivity contribution in [2.45, 2.75) is 70.5 Å². The Labute approximate surface area is 192 Å². The molecule has 0 bridgehead atoms. The Morgan fingerprint density at radius 1 is 1.27 bits per heavy atom. The van der Waals surface area contributed by atoms with Gasteiger partial charge in [-0.05, 0) is 39.0 Å². The van der Waals surface area contributed by atoms with Gasteiger partial charge >= 0.3 is 6.09 Å². The Bertz CT molecular complexity index is 990. The Morgan fingerprint density at radius 3 is 2.67 bits per heavy atom. The van der Waals surface area contributed by atoms with Gasteiger partial charge < -0.3 is 14.4 Å². The number of halogens is 2. The number of rotatable bonds is 8. The fourth-order valence-electron chi connectivity index (χ4n) is 4.15. The van der Waals surface area contributed by atoms with E-state index in [4.69, 9.17) is 9.47 Å². The van der Waals surface area contributed by atoms with E-state index in [-0.39, 0.29) is 32.1 Å². The second-order valence-corrected chi connectivity index (χ2v) is 9.08. The van der Waals surface area contributed by atoms with Gasteiger partial charge in [-0.15, -0.1) is 0 Å². The zero-order valence-electron chi connectivity index (χ0n) is 19.4. The quantitative estimate of drug-likeness (QED) is 0.573. The molecule has 180 valence electrons. The van der Waals surface area contributed by atoms with E-state index in [9.17, 15) is 13.6 Å². The van der Waals surface area contributed by atoms with Gasteiger partial charge in [0, 0.05) is 33.0 Å². The maximum absolute atomic E-state index is 13.0. The number of hydrogen-bond acceptors (Lipinski definition) is 6. The van der Waals surface area contributed by atoms with Crippen LogP contribution in [0.15, 0.2) is 12.4 Å². The van der Waals surface area contributed by atoms with Gasteiger partial charge in [-0.2, -0.15) is 5.10 Å². The van der Waals surface area contributed by atoms with E-state index in [0.29, 0.717) is 22.8 Å². The highest BCUT2D eigenvalue weighted by Gasteiger charge is 2.56. The number of hydrogen-bond donors (Lipinski definition) is 0. The van der Waals surface area contributed by atoms with E-state index < -0.39 is 17.9 Å². The minimum Gasteiger partial charge on any atom is -0.487 e. The smallest absolute Gasteiger partial charge is 0.409 e. The summed E-state index contributed by atoms with van der Waals surface area (Å²) >= 11 is 0. The summed E-state index contributed by atoms with van der Waals surface area (Å²) in [7, 11) is 3.30. The van der Waals surface area contributed by atoms with Gasteiger partial charge in [-0.3, -0.25) is 4.68 Å². The van der Waals surface area contributed by atoms with Crippen molar-refractivity contribution in [1.82, 2.24) is 24.6 Å². The Balaban J connectivity index is 1.37. The van der Waals surface area contributed by atoms with Gasteiger partial charge in [0.25, 0.3) is 5.92 Å². The highest BCUT2D eigenvalue weighted by molar-refractivity contribution is 5.67. The van der Waals surface area contributed by atoms with Gasteiger partial charge in [-0.25, -0.2) is 23.5 Å². The number of nitrogens with zero attached hydrogens (tertiary/aromatic N) is 5. The van der Waals surface area contributed by atoms with Crippen LogP contribution in [0.4, 0.5) is 13.6 Å². The first-order chi connectivity index (χ1) is 15.7. The zero-order chi connectivity index (χ0) is 23.6. The van der Waals surface area contributed by atoms with Crippen molar-refractivity contribution >= 4 is 6.09 Å². The van der Waals surface area contributed by atoms with Gasteiger partial charge in [0.1, 0.15) is 6.61 Å². The molecule has 8 nitrogen and oxygen atoms in total. The van der Waals surface area contributed by atoms with Crippen LogP contribution in [0.3, 0.4) is 0 Å². The molecule has 0 aromatic carbocycles. The van der Waals surface area contributed by atoms with Crippen LogP contribution in [0.25, 0.3) is 11.4 Å². The maximum Gasteiger partial charge on any atom is 0.409 e. The second-order valence-electron chi connectivity index (χ2n) is 9.08. The van der Waals surface area contributed by atoms with E-state index in [2.05, 4.69) is 15.1 Å². The van der Waals surface area contributed by atoms with Crippen LogP contribution in [0.5, 0.6) is 5.75 Å². The fourth-order valence-corrected chi connectivity index (χ4v) is 4.15. The third-order valence-corrected chi connectivity index (χ3v) is 6.50. The lowest BCUT2D eigenvalue weighted by Gasteiger charge is -2.23. The van der Waals surface area contributed by atoms with Gasteiger partial charge in [0.05, 0.1) is 35.4 Å². The molecule has 2 heterocycles.